The van der Waals surface area contributed by atoms with Crippen LogP contribution in [0.1, 0.15) is 22.7 Å². The Morgan fingerprint density at radius 1 is 1.57 bits per heavy atom. The molecule has 1 saturated heterocycles. The van der Waals surface area contributed by atoms with E-state index in [0.29, 0.717) is 11.6 Å². The van der Waals surface area contributed by atoms with Crippen molar-refractivity contribution in [1.82, 2.24) is 10.3 Å². The molecule has 1 aliphatic heterocycles. The van der Waals surface area contributed by atoms with Gasteiger partial charge in [-0.3, -0.25) is 4.98 Å². The number of aliphatic hydroxyl groups is 1. The fraction of sp³-hybridized carbons (Fsp3) is 0.500. The molecule has 14 heavy (non-hydrogen) atoms. The summed E-state index contributed by atoms with van der Waals surface area (Å²) in [5, 5.41) is 22.1. The first-order valence-electron chi connectivity index (χ1n) is 4.73. The monoisotopic (exact) mass is 194 g/mol. The number of nitrogens with zero attached hydrogens (tertiary/aromatic N) is 1. The number of hydrogen-bond acceptors (Lipinski definition) is 4. The van der Waals surface area contributed by atoms with Crippen molar-refractivity contribution in [3.05, 3.63) is 23.0 Å². The molecule has 3 N–H and O–H groups in total. The SMILES string of the molecule is Cc1ncc(CO)c(C2CNC2)c1O. The first-order valence-corrected chi connectivity index (χ1v) is 4.73. The van der Waals surface area contributed by atoms with E-state index in [1.165, 1.54) is 0 Å². The smallest absolute Gasteiger partial charge is 0.140 e. The van der Waals surface area contributed by atoms with Crippen molar-refractivity contribution in [3.63, 3.8) is 0 Å². The molecule has 4 nitrogen and oxygen atoms in total. The third-order valence-electron chi connectivity index (χ3n) is 2.72. The van der Waals surface area contributed by atoms with Gasteiger partial charge in [0.25, 0.3) is 0 Å². The number of hydrogen-bond donors (Lipinski definition) is 3. The van der Waals surface area contributed by atoms with Crippen LogP contribution >= 0.6 is 0 Å². The van der Waals surface area contributed by atoms with E-state index in [-0.39, 0.29) is 12.4 Å². The lowest BCUT2D eigenvalue weighted by atomic mass is 9.89. The summed E-state index contributed by atoms with van der Waals surface area (Å²) in [6, 6.07) is 0. The molecule has 0 bridgehead atoms. The van der Waals surface area contributed by atoms with Crippen LogP contribution in [-0.2, 0) is 6.61 Å². The van der Waals surface area contributed by atoms with Crippen molar-refractivity contribution in [2.75, 3.05) is 13.1 Å². The van der Waals surface area contributed by atoms with Gasteiger partial charge in [0.15, 0.2) is 0 Å². The highest BCUT2D eigenvalue weighted by Crippen LogP contribution is 2.33. The number of aromatic hydroxyl groups is 1. The molecule has 4 heteroatoms. The number of rotatable bonds is 2. The van der Waals surface area contributed by atoms with E-state index in [1.54, 1.807) is 13.1 Å². The number of aryl methyl sites for hydroxylation is 1. The summed E-state index contributed by atoms with van der Waals surface area (Å²) in [6.07, 6.45) is 1.64. The highest BCUT2D eigenvalue weighted by Gasteiger charge is 2.25. The van der Waals surface area contributed by atoms with Gasteiger partial charge in [-0.1, -0.05) is 0 Å². The average Bonchev–Trinajstić information content (AvgIpc) is 2.10. The maximum absolute atomic E-state index is 9.84. The molecule has 0 aromatic carbocycles. The van der Waals surface area contributed by atoms with E-state index in [9.17, 15) is 5.11 Å². The van der Waals surface area contributed by atoms with Gasteiger partial charge in [0.1, 0.15) is 5.75 Å². The molecule has 1 aromatic rings. The van der Waals surface area contributed by atoms with E-state index in [1.807, 2.05) is 0 Å². The zero-order chi connectivity index (χ0) is 10.1. The molecule has 0 atom stereocenters. The molecule has 2 rings (SSSR count). The molecule has 1 aliphatic rings. The third kappa shape index (κ3) is 1.36. The van der Waals surface area contributed by atoms with E-state index < -0.39 is 0 Å². The lowest BCUT2D eigenvalue weighted by Crippen LogP contribution is -2.40. The molecule has 2 heterocycles. The molecule has 0 aliphatic carbocycles. The van der Waals surface area contributed by atoms with E-state index in [0.717, 1.165) is 24.2 Å². The van der Waals surface area contributed by atoms with Gasteiger partial charge in [-0.15, -0.1) is 0 Å². The van der Waals surface area contributed by atoms with Gasteiger partial charge in [-0.2, -0.15) is 0 Å². The Bertz CT molecular complexity index is 348. The largest absolute Gasteiger partial charge is 0.506 e. The summed E-state index contributed by atoms with van der Waals surface area (Å²) in [6.45, 7) is 3.44. The summed E-state index contributed by atoms with van der Waals surface area (Å²) >= 11 is 0. The minimum Gasteiger partial charge on any atom is -0.506 e. The number of pyridine rings is 1. The van der Waals surface area contributed by atoms with Crippen LogP contribution in [0.2, 0.25) is 0 Å². The molecule has 0 radical (unpaired) electrons. The van der Waals surface area contributed by atoms with Crippen LogP contribution in [0.25, 0.3) is 0 Å². The second-order valence-electron chi connectivity index (χ2n) is 3.64. The average molecular weight is 194 g/mol. The van der Waals surface area contributed by atoms with Gasteiger partial charge < -0.3 is 15.5 Å². The number of nitrogens with one attached hydrogen (secondary N) is 1. The van der Waals surface area contributed by atoms with Gasteiger partial charge in [-0.25, -0.2) is 0 Å². The second kappa shape index (κ2) is 3.55. The van der Waals surface area contributed by atoms with Crippen molar-refractivity contribution in [2.24, 2.45) is 0 Å². The summed E-state index contributed by atoms with van der Waals surface area (Å²) in [4.78, 5) is 4.02. The van der Waals surface area contributed by atoms with Crippen molar-refractivity contribution in [3.8, 4) is 5.75 Å². The molecule has 0 saturated carbocycles. The predicted molar refractivity (Wildman–Crippen MR) is 52.2 cm³/mol. The zero-order valence-corrected chi connectivity index (χ0v) is 8.12. The number of aliphatic hydroxyl groups excluding tert-OH is 1. The minimum absolute atomic E-state index is 0.0628. The Balaban J connectivity index is 2.46. The van der Waals surface area contributed by atoms with Crippen LogP contribution in [0, 0.1) is 6.92 Å². The predicted octanol–water partition coefficient (Wildman–Crippen LogP) is 0.275. The highest BCUT2D eigenvalue weighted by molar-refractivity contribution is 5.44. The molecule has 1 aromatic heterocycles. The lowest BCUT2D eigenvalue weighted by molar-refractivity contribution is 0.276. The lowest BCUT2D eigenvalue weighted by Gasteiger charge is -2.29. The molecule has 0 amide bonds. The van der Waals surface area contributed by atoms with Gasteiger partial charge in [-0.05, 0) is 6.92 Å². The van der Waals surface area contributed by atoms with Crippen LogP contribution in [-0.4, -0.2) is 28.3 Å². The summed E-state index contributed by atoms with van der Waals surface area (Å²) in [7, 11) is 0. The Labute approximate surface area is 82.6 Å². The zero-order valence-electron chi connectivity index (χ0n) is 8.12. The van der Waals surface area contributed by atoms with Crippen molar-refractivity contribution >= 4 is 0 Å². The Kier molecular flexibility index (Phi) is 2.39. The van der Waals surface area contributed by atoms with E-state index >= 15 is 0 Å². The fourth-order valence-electron chi connectivity index (χ4n) is 1.73. The maximum Gasteiger partial charge on any atom is 0.140 e. The number of aromatic nitrogens is 1. The minimum atomic E-state index is -0.0628. The Morgan fingerprint density at radius 2 is 2.29 bits per heavy atom. The second-order valence-corrected chi connectivity index (χ2v) is 3.64. The van der Waals surface area contributed by atoms with Gasteiger partial charge in [0.05, 0.1) is 12.3 Å². The van der Waals surface area contributed by atoms with Crippen LogP contribution < -0.4 is 5.32 Å². The highest BCUT2D eigenvalue weighted by atomic mass is 16.3. The van der Waals surface area contributed by atoms with Crippen molar-refractivity contribution in [1.29, 1.82) is 0 Å². The van der Waals surface area contributed by atoms with Gasteiger partial charge >= 0.3 is 0 Å². The normalized spacial score (nSPS) is 16.7. The Hall–Kier alpha value is -1.13. The molecule has 0 spiro atoms. The van der Waals surface area contributed by atoms with Crippen LogP contribution in [0.15, 0.2) is 6.20 Å². The van der Waals surface area contributed by atoms with Crippen molar-refractivity contribution in [2.45, 2.75) is 19.4 Å². The van der Waals surface area contributed by atoms with Crippen LogP contribution in [0.5, 0.6) is 5.75 Å². The molecule has 1 fully saturated rings. The molecular formula is C10H14N2O2. The van der Waals surface area contributed by atoms with E-state index in [4.69, 9.17) is 5.11 Å². The van der Waals surface area contributed by atoms with Gasteiger partial charge in [0, 0.05) is 36.3 Å². The van der Waals surface area contributed by atoms with Crippen molar-refractivity contribution < 1.29 is 10.2 Å². The fourth-order valence-corrected chi connectivity index (χ4v) is 1.73. The third-order valence-corrected chi connectivity index (χ3v) is 2.72. The molecular weight excluding hydrogens is 180 g/mol. The summed E-state index contributed by atoms with van der Waals surface area (Å²) in [5.41, 5.74) is 2.22. The first-order chi connectivity index (χ1) is 6.74. The molecule has 0 unspecified atom stereocenters. The first kappa shape index (κ1) is 9.43. The van der Waals surface area contributed by atoms with Crippen LogP contribution in [0.3, 0.4) is 0 Å². The topological polar surface area (TPSA) is 65.4 Å². The Morgan fingerprint density at radius 3 is 2.79 bits per heavy atom. The van der Waals surface area contributed by atoms with Crippen LogP contribution in [0.4, 0.5) is 0 Å². The maximum atomic E-state index is 9.84. The standard InChI is InChI=1S/C10H14N2O2/c1-6-10(14)9(7-2-11-3-7)8(5-13)4-12-6/h4,7,11,13-14H,2-3,5H2,1H3. The molecule has 76 valence electrons. The summed E-state index contributed by atoms with van der Waals surface area (Å²) < 4.78 is 0. The van der Waals surface area contributed by atoms with E-state index in [2.05, 4.69) is 10.3 Å². The summed E-state index contributed by atoms with van der Waals surface area (Å²) in [5.74, 6) is 0.557. The quantitative estimate of drug-likeness (QED) is 0.632. The van der Waals surface area contributed by atoms with Gasteiger partial charge in [0.2, 0.25) is 0 Å².